The van der Waals surface area contributed by atoms with Crippen LogP contribution in [0.3, 0.4) is 0 Å². The Morgan fingerprint density at radius 3 is 2.81 bits per heavy atom. The summed E-state index contributed by atoms with van der Waals surface area (Å²) in [6, 6.07) is 16.2. The van der Waals surface area contributed by atoms with Gasteiger partial charge in [-0.25, -0.2) is 0 Å². The van der Waals surface area contributed by atoms with Crippen molar-refractivity contribution in [2.75, 3.05) is 13.1 Å². The van der Waals surface area contributed by atoms with Crippen LogP contribution in [0.5, 0.6) is 0 Å². The minimum Gasteiger partial charge on any atom is -0.342 e. The summed E-state index contributed by atoms with van der Waals surface area (Å²) in [6.07, 6.45) is 1.28. The lowest BCUT2D eigenvalue weighted by Crippen LogP contribution is -2.27. The number of hydrogen-bond acceptors (Lipinski definition) is 4. The topological polar surface area (TPSA) is 59.2 Å². The third-order valence-electron chi connectivity index (χ3n) is 4.86. The number of halogens is 1. The molecule has 5 nitrogen and oxygen atoms in total. The first-order valence-electron chi connectivity index (χ1n) is 9.01. The zero-order valence-corrected chi connectivity index (χ0v) is 16.6. The van der Waals surface area contributed by atoms with Crippen LogP contribution in [-0.2, 0) is 11.2 Å². The minimum absolute atomic E-state index is 0.0355. The molecule has 0 spiro atoms. The summed E-state index contributed by atoms with van der Waals surface area (Å²) in [7, 11) is 0. The van der Waals surface area contributed by atoms with Gasteiger partial charge in [-0.1, -0.05) is 50.9 Å². The van der Waals surface area contributed by atoms with E-state index >= 15 is 0 Å². The number of carbonyl (C=O) groups is 1. The van der Waals surface area contributed by atoms with Crippen molar-refractivity contribution in [1.82, 2.24) is 15.0 Å². The molecule has 1 aromatic heterocycles. The number of nitrogens with zero attached hydrogens (tertiary/aromatic N) is 3. The van der Waals surface area contributed by atoms with Gasteiger partial charge in [0.25, 0.3) is 0 Å². The number of amides is 1. The van der Waals surface area contributed by atoms with E-state index in [-0.39, 0.29) is 11.8 Å². The van der Waals surface area contributed by atoms with Crippen LogP contribution in [0.4, 0.5) is 0 Å². The Kier molecular flexibility index (Phi) is 5.07. The molecule has 2 heterocycles. The van der Waals surface area contributed by atoms with Crippen molar-refractivity contribution in [2.45, 2.75) is 25.7 Å². The molecule has 1 saturated heterocycles. The number of hydrogen-bond donors (Lipinski definition) is 0. The van der Waals surface area contributed by atoms with E-state index in [2.05, 4.69) is 57.3 Å². The van der Waals surface area contributed by atoms with Crippen molar-refractivity contribution in [1.29, 1.82) is 0 Å². The molecule has 1 aliphatic rings. The van der Waals surface area contributed by atoms with Gasteiger partial charge in [-0.3, -0.25) is 4.79 Å². The monoisotopic (exact) mass is 425 g/mol. The molecule has 4 rings (SSSR count). The second kappa shape index (κ2) is 7.64. The van der Waals surface area contributed by atoms with E-state index in [0.717, 1.165) is 16.5 Å². The van der Waals surface area contributed by atoms with Gasteiger partial charge in [0, 0.05) is 29.5 Å². The average Bonchev–Trinajstić information content (AvgIpc) is 3.28. The standard InChI is InChI=1S/C21H20BrN3O2/c1-14-3-2-4-15(11-14)9-10-25-13-17(12-19(25)26)21-23-20(24-27-21)16-5-7-18(22)8-6-16/h2-8,11,17H,9-10,12-13H2,1H3. The van der Waals surface area contributed by atoms with E-state index in [0.29, 0.717) is 31.2 Å². The quantitative estimate of drug-likeness (QED) is 0.608. The molecule has 1 amide bonds. The number of rotatable bonds is 5. The molecule has 1 aliphatic heterocycles. The molecule has 0 bridgehead atoms. The van der Waals surface area contributed by atoms with Crippen LogP contribution in [0.1, 0.15) is 29.4 Å². The Hall–Kier alpha value is -2.47. The summed E-state index contributed by atoms with van der Waals surface area (Å²) >= 11 is 3.42. The first kappa shape index (κ1) is 17.9. The summed E-state index contributed by atoms with van der Waals surface area (Å²) in [6.45, 7) is 3.43. The van der Waals surface area contributed by atoms with Gasteiger partial charge >= 0.3 is 0 Å². The summed E-state index contributed by atoms with van der Waals surface area (Å²) in [5, 5.41) is 4.08. The fourth-order valence-corrected chi connectivity index (χ4v) is 3.67. The lowest BCUT2D eigenvalue weighted by Gasteiger charge is -2.16. The Balaban J connectivity index is 1.41. The number of carbonyl (C=O) groups excluding carboxylic acids is 1. The zero-order chi connectivity index (χ0) is 18.8. The van der Waals surface area contributed by atoms with E-state index in [1.165, 1.54) is 11.1 Å². The number of aryl methyl sites for hydroxylation is 1. The van der Waals surface area contributed by atoms with Crippen molar-refractivity contribution in [3.63, 3.8) is 0 Å². The third-order valence-corrected chi connectivity index (χ3v) is 5.39. The second-order valence-electron chi connectivity index (χ2n) is 6.94. The number of likely N-dealkylation sites (tertiary alicyclic amines) is 1. The highest BCUT2D eigenvalue weighted by Gasteiger charge is 2.34. The molecule has 138 valence electrons. The lowest BCUT2D eigenvalue weighted by atomic mass is 10.1. The van der Waals surface area contributed by atoms with Crippen LogP contribution < -0.4 is 0 Å². The largest absolute Gasteiger partial charge is 0.342 e. The molecule has 2 aromatic carbocycles. The van der Waals surface area contributed by atoms with Crippen LogP contribution in [0.25, 0.3) is 11.4 Å². The normalized spacial score (nSPS) is 16.9. The van der Waals surface area contributed by atoms with Crippen molar-refractivity contribution >= 4 is 21.8 Å². The molecule has 1 atom stereocenters. The fraction of sp³-hybridized carbons (Fsp3) is 0.286. The second-order valence-corrected chi connectivity index (χ2v) is 7.86. The van der Waals surface area contributed by atoms with Gasteiger partial charge in [0.2, 0.25) is 17.6 Å². The first-order chi connectivity index (χ1) is 13.1. The summed E-state index contributed by atoms with van der Waals surface area (Å²) in [5.74, 6) is 1.21. The zero-order valence-electron chi connectivity index (χ0n) is 15.1. The van der Waals surface area contributed by atoms with Gasteiger partial charge < -0.3 is 9.42 Å². The van der Waals surface area contributed by atoms with Gasteiger partial charge in [-0.05, 0) is 43.2 Å². The van der Waals surface area contributed by atoms with E-state index in [1.54, 1.807) is 0 Å². The van der Waals surface area contributed by atoms with Gasteiger partial charge in [0.15, 0.2) is 0 Å². The highest BCUT2D eigenvalue weighted by atomic mass is 79.9. The van der Waals surface area contributed by atoms with Crippen LogP contribution in [0.2, 0.25) is 0 Å². The molecule has 27 heavy (non-hydrogen) atoms. The third kappa shape index (κ3) is 4.11. The molecule has 0 aliphatic carbocycles. The smallest absolute Gasteiger partial charge is 0.232 e. The molecule has 0 radical (unpaired) electrons. The van der Waals surface area contributed by atoms with Crippen LogP contribution in [0, 0.1) is 6.92 Å². The van der Waals surface area contributed by atoms with E-state index < -0.39 is 0 Å². The van der Waals surface area contributed by atoms with Gasteiger partial charge in [0.1, 0.15) is 0 Å². The SMILES string of the molecule is Cc1cccc(CCN2CC(c3nc(-c4ccc(Br)cc4)no3)CC2=O)c1. The Labute approximate surface area is 166 Å². The molecular formula is C21H20BrN3O2. The highest BCUT2D eigenvalue weighted by molar-refractivity contribution is 9.10. The predicted octanol–water partition coefficient (Wildman–Crippen LogP) is 4.37. The van der Waals surface area contributed by atoms with Gasteiger partial charge in [-0.15, -0.1) is 0 Å². The molecule has 3 aromatic rings. The maximum atomic E-state index is 12.4. The molecule has 1 fully saturated rings. The Morgan fingerprint density at radius 2 is 2.04 bits per heavy atom. The minimum atomic E-state index is -0.0355. The molecule has 1 unspecified atom stereocenters. The first-order valence-corrected chi connectivity index (χ1v) is 9.80. The Morgan fingerprint density at radius 1 is 1.22 bits per heavy atom. The predicted molar refractivity (Wildman–Crippen MR) is 106 cm³/mol. The van der Waals surface area contributed by atoms with E-state index in [1.807, 2.05) is 29.2 Å². The number of benzene rings is 2. The van der Waals surface area contributed by atoms with Crippen molar-refractivity contribution < 1.29 is 9.32 Å². The molecule has 0 N–H and O–H groups in total. The molecule has 0 saturated carbocycles. The van der Waals surface area contributed by atoms with Crippen molar-refractivity contribution in [2.24, 2.45) is 0 Å². The highest BCUT2D eigenvalue weighted by Crippen LogP contribution is 2.29. The van der Waals surface area contributed by atoms with Crippen molar-refractivity contribution in [3.8, 4) is 11.4 Å². The average molecular weight is 426 g/mol. The maximum Gasteiger partial charge on any atom is 0.232 e. The van der Waals surface area contributed by atoms with Crippen molar-refractivity contribution in [3.05, 3.63) is 70.0 Å². The summed E-state index contributed by atoms with van der Waals surface area (Å²) < 4.78 is 6.46. The Bertz CT molecular complexity index is 952. The summed E-state index contributed by atoms with van der Waals surface area (Å²) in [5.41, 5.74) is 3.39. The summed E-state index contributed by atoms with van der Waals surface area (Å²) in [4.78, 5) is 18.8. The van der Waals surface area contributed by atoms with E-state index in [9.17, 15) is 4.79 Å². The van der Waals surface area contributed by atoms with Crippen LogP contribution in [-0.4, -0.2) is 34.0 Å². The van der Waals surface area contributed by atoms with Gasteiger partial charge in [0.05, 0.1) is 5.92 Å². The molecular weight excluding hydrogens is 406 g/mol. The fourth-order valence-electron chi connectivity index (χ4n) is 3.40. The van der Waals surface area contributed by atoms with Crippen LogP contribution >= 0.6 is 15.9 Å². The van der Waals surface area contributed by atoms with Gasteiger partial charge in [-0.2, -0.15) is 4.98 Å². The van der Waals surface area contributed by atoms with Crippen LogP contribution in [0.15, 0.2) is 57.5 Å². The lowest BCUT2D eigenvalue weighted by molar-refractivity contribution is -0.127. The maximum absolute atomic E-state index is 12.4. The molecule has 6 heteroatoms. The number of aromatic nitrogens is 2. The van der Waals surface area contributed by atoms with E-state index in [4.69, 9.17) is 4.52 Å².